The Morgan fingerprint density at radius 3 is 2.89 bits per heavy atom. The molecule has 96 valence electrons. The molecule has 0 amide bonds. The number of nitrogens with zero attached hydrogens (tertiary/aromatic N) is 1. The highest BCUT2D eigenvalue weighted by molar-refractivity contribution is 7.11. The molecule has 0 spiro atoms. The van der Waals surface area contributed by atoms with Crippen LogP contribution in [0.15, 0.2) is 48.5 Å². The molecule has 0 unspecified atom stereocenters. The largest absolute Gasteiger partial charge is 0.375 e. The van der Waals surface area contributed by atoms with E-state index in [9.17, 15) is 4.39 Å². The Morgan fingerprint density at radius 2 is 2.00 bits per heavy atom. The highest BCUT2D eigenvalue weighted by Crippen LogP contribution is 2.27. The molecule has 1 N–H and O–H groups in total. The second kappa shape index (κ2) is 5.36. The lowest BCUT2D eigenvalue weighted by atomic mass is 10.1. The topological polar surface area (TPSA) is 24.9 Å². The van der Waals surface area contributed by atoms with Crippen molar-refractivity contribution in [2.75, 3.05) is 11.9 Å². The number of halogens is 1. The van der Waals surface area contributed by atoms with E-state index in [4.69, 9.17) is 0 Å². The van der Waals surface area contributed by atoms with E-state index >= 15 is 0 Å². The lowest BCUT2D eigenvalue weighted by molar-refractivity contribution is 0.625. The quantitative estimate of drug-likeness (QED) is 0.773. The van der Waals surface area contributed by atoms with Crippen LogP contribution in [-0.2, 0) is 6.42 Å². The van der Waals surface area contributed by atoms with Crippen LogP contribution >= 0.6 is 11.5 Å². The van der Waals surface area contributed by atoms with Crippen molar-refractivity contribution >= 4 is 27.4 Å². The Balaban J connectivity index is 1.66. The number of hydrogen-bond donors (Lipinski definition) is 1. The van der Waals surface area contributed by atoms with E-state index in [1.54, 1.807) is 12.1 Å². The maximum Gasteiger partial charge on any atom is 0.123 e. The lowest BCUT2D eigenvalue weighted by Gasteiger charge is -2.04. The highest BCUT2D eigenvalue weighted by Gasteiger charge is 2.04. The van der Waals surface area contributed by atoms with Gasteiger partial charge >= 0.3 is 0 Å². The van der Waals surface area contributed by atoms with Gasteiger partial charge in [0.25, 0.3) is 0 Å². The van der Waals surface area contributed by atoms with Crippen molar-refractivity contribution in [2.24, 2.45) is 0 Å². The maximum absolute atomic E-state index is 13.0. The zero-order valence-corrected chi connectivity index (χ0v) is 11.1. The SMILES string of the molecule is Fc1cccc(CCNc2snc3ccccc23)c1. The van der Waals surface area contributed by atoms with Crippen molar-refractivity contribution in [1.82, 2.24) is 4.37 Å². The predicted octanol–water partition coefficient (Wildman–Crippen LogP) is 4.09. The molecule has 0 fully saturated rings. The third-order valence-corrected chi connectivity index (χ3v) is 3.81. The van der Waals surface area contributed by atoms with E-state index in [1.165, 1.54) is 17.6 Å². The highest BCUT2D eigenvalue weighted by atomic mass is 32.1. The molecule has 19 heavy (non-hydrogen) atoms. The number of fused-ring (bicyclic) bond motifs is 1. The van der Waals surface area contributed by atoms with Gasteiger partial charge < -0.3 is 5.32 Å². The molecule has 0 aliphatic carbocycles. The predicted molar refractivity (Wildman–Crippen MR) is 78.2 cm³/mol. The van der Waals surface area contributed by atoms with Gasteiger partial charge in [-0.2, -0.15) is 4.37 Å². The zero-order valence-electron chi connectivity index (χ0n) is 10.3. The van der Waals surface area contributed by atoms with Crippen LogP contribution in [0.5, 0.6) is 0 Å². The number of hydrogen-bond acceptors (Lipinski definition) is 3. The van der Waals surface area contributed by atoms with Crippen molar-refractivity contribution in [3.8, 4) is 0 Å². The van der Waals surface area contributed by atoms with E-state index in [1.807, 2.05) is 24.3 Å². The minimum absolute atomic E-state index is 0.180. The summed E-state index contributed by atoms with van der Waals surface area (Å²) in [6.45, 7) is 0.773. The van der Waals surface area contributed by atoms with Crippen molar-refractivity contribution in [2.45, 2.75) is 6.42 Å². The molecule has 0 aliphatic rings. The summed E-state index contributed by atoms with van der Waals surface area (Å²) in [5, 5.41) is 5.59. The van der Waals surface area contributed by atoms with E-state index in [0.29, 0.717) is 0 Å². The van der Waals surface area contributed by atoms with Crippen LogP contribution in [0, 0.1) is 5.82 Å². The van der Waals surface area contributed by atoms with Crippen molar-refractivity contribution in [1.29, 1.82) is 0 Å². The molecule has 2 nitrogen and oxygen atoms in total. The second-order valence-electron chi connectivity index (χ2n) is 4.34. The summed E-state index contributed by atoms with van der Waals surface area (Å²) in [5.74, 6) is -0.180. The van der Waals surface area contributed by atoms with Crippen LogP contribution in [-0.4, -0.2) is 10.9 Å². The number of benzene rings is 2. The van der Waals surface area contributed by atoms with E-state index in [2.05, 4.69) is 15.8 Å². The third-order valence-electron chi connectivity index (χ3n) is 2.97. The molecule has 3 rings (SSSR count). The molecule has 1 heterocycles. The van der Waals surface area contributed by atoms with Crippen LogP contribution in [0.2, 0.25) is 0 Å². The Morgan fingerprint density at radius 1 is 1.11 bits per heavy atom. The summed E-state index contributed by atoms with van der Waals surface area (Å²) in [6.07, 6.45) is 0.796. The molecule has 0 saturated heterocycles. The van der Waals surface area contributed by atoms with Gasteiger partial charge in [0.15, 0.2) is 0 Å². The van der Waals surface area contributed by atoms with Gasteiger partial charge in [-0.3, -0.25) is 0 Å². The first-order valence-corrected chi connectivity index (χ1v) is 6.93. The summed E-state index contributed by atoms with van der Waals surface area (Å²) in [4.78, 5) is 0. The van der Waals surface area contributed by atoms with Crippen LogP contribution in [0.3, 0.4) is 0 Å². The van der Waals surface area contributed by atoms with Gasteiger partial charge in [0.2, 0.25) is 0 Å². The lowest BCUT2D eigenvalue weighted by Crippen LogP contribution is -2.03. The summed E-state index contributed by atoms with van der Waals surface area (Å²) >= 11 is 1.47. The fourth-order valence-electron chi connectivity index (χ4n) is 2.03. The van der Waals surface area contributed by atoms with Gasteiger partial charge in [-0.25, -0.2) is 4.39 Å². The fraction of sp³-hybridized carbons (Fsp3) is 0.133. The van der Waals surface area contributed by atoms with Gasteiger partial charge in [0.05, 0.1) is 5.52 Å². The molecule has 0 aliphatic heterocycles. The molecule has 2 aromatic carbocycles. The number of rotatable bonds is 4. The summed E-state index contributed by atoms with van der Waals surface area (Å²) in [7, 11) is 0. The molecule has 0 atom stereocenters. The van der Waals surface area contributed by atoms with Gasteiger partial charge in [0, 0.05) is 11.9 Å². The Labute approximate surface area is 115 Å². The Bertz CT molecular complexity index is 693. The summed E-state index contributed by atoms with van der Waals surface area (Å²) in [6, 6.07) is 14.8. The number of nitrogens with one attached hydrogen (secondary N) is 1. The first kappa shape index (κ1) is 12.1. The standard InChI is InChI=1S/C15H13FN2S/c16-12-5-3-4-11(10-12)8-9-17-15-13-6-1-2-7-14(13)18-19-15/h1-7,10,17H,8-9H2. The Hall–Kier alpha value is -1.94. The van der Waals surface area contributed by atoms with Gasteiger partial charge in [-0.15, -0.1) is 0 Å². The van der Waals surface area contributed by atoms with Crippen molar-refractivity contribution in [3.63, 3.8) is 0 Å². The van der Waals surface area contributed by atoms with Crippen LogP contribution < -0.4 is 5.32 Å². The van der Waals surface area contributed by atoms with E-state index in [-0.39, 0.29) is 5.82 Å². The molecular weight excluding hydrogens is 259 g/mol. The average molecular weight is 272 g/mol. The molecule has 0 saturated carbocycles. The molecule has 0 bridgehead atoms. The first-order valence-electron chi connectivity index (χ1n) is 6.16. The normalized spacial score (nSPS) is 10.8. The van der Waals surface area contributed by atoms with Gasteiger partial charge in [-0.1, -0.05) is 24.3 Å². The van der Waals surface area contributed by atoms with Crippen LogP contribution in [0.25, 0.3) is 10.9 Å². The Kier molecular flexibility index (Phi) is 3.42. The maximum atomic E-state index is 13.0. The smallest absolute Gasteiger partial charge is 0.123 e. The monoisotopic (exact) mass is 272 g/mol. The molecule has 1 aromatic heterocycles. The molecule has 0 radical (unpaired) electrons. The first-order chi connectivity index (χ1) is 9.33. The number of anilines is 1. The van der Waals surface area contributed by atoms with Crippen molar-refractivity contribution < 1.29 is 4.39 Å². The second-order valence-corrected chi connectivity index (χ2v) is 5.11. The van der Waals surface area contributed by atoms with Crippen LogP contribution in [0.4, 0.5) is 9.39 Å². The fourth-order valence-corrected chi connectivity index (χ4v) is 2.82. The summed E-state index contributed by atoms with van der Waals surface area (Å²) < 4.78 is 17.4. The van der Waals surface area contributed by atoms with Gasteiger partial charge in [-0.05, 0) is 47.8 Å². The summed E-state index contributed by atoms with van der Waals surface area (Å²) in [5.41, 5.74) is 2.02. The molecular formula is C15H13FN2S. The average Bonchev–Trinajstić information content (AvgIpc) is 2.83. The minimum Gasteiger partial charge on any atom is -0.375 e. The molecule has 4 heteroatoms. The van der Waals surface area contributed by atoms with Crippen LogP contribution in [0.1, 0.15) is 5.56 Å². The van der Waals surface area contributed by atoms with Crippen molar-refractivity contribution in [3.05, 3.63) is 59.9 Å². The third kappa shape index (κ3) is 2.74. The minimum atomic E-state index is -0.180. The van der Waals surface area contributed by atoms with E-state index < -0.39 is 0 Å². The zero-order chi connectivity index (χ0) is 13.1. The number of aromatic nitrogens is 1. The molecule has 3 aromatic rings. The van der Waals surface area contributed by atoms with Gasteiger partial charge in [0.1, 0.15) is 10.8 Å². The van der Waals surface area contributed by atoms with E-state index in [0.717, 1.165) is 34.4 Å².